The van der Waals surface area contributed by atoms with Crippen molar-refractivity contribution in [2.24, 2.45) is 23.7 Å². The molecule has 0 amide bonds. The van der Waals surface area contributed by atoms with Crippen molar-refractivity contribution < 1.29 is 5.11 Å². The first kappa shape index (κ1) is 12.4. The Balaban J connectivity index is 2.09. The molecular formula is C15H28O. The molecule has 2 rings (SSSR count). The number of hydrogen-bond acceptors (Lipinski definition) is 1. The summed E-state index contributed by atoms with van der Waals surface area (Å²) in [5.41, 5.74) is -0.341. The average molecular weight is 224 g/mol. The van der Waals surface area contributed by atoms with E-state index in [0.29, 0.717) is 17.8 Å². The molecule has 1 nitrogen and oxygen atoms in total. The van der Waals surface area contributed by atoms with Crippen LogP contribution in [-0.2, 0) is 0 Å². The van der Waals surface area contributed by atoms with Crippen LogP contribution in [0.4, 0.5) is 0 Å². The van der Waals surface area contributed by atoms with E-state index in [2.05, 4.69) is 20.8 Å². The molecule has 5 unspecified atom stereocenters. The zero-order valence-corrected chi connectivity index (χ0v) is 11.2. The quantitative estimate of drug-likeness (QED) is 0.714. The van der Waals surface area contributed by atoms with Gasteiger partial charge in [0.2, 0.25) is 0 Å². The van der Waals surface area contributed by atoms with Gasteiger partial charge in [0, 0.05) is 0 Å². The van der Waals surface area contributed by atoms with Gasteiger partial charge < -0.3 is 5.11 Å². The largest absolute Gasteiger partial charge is 0.389 e. The molecule has 5 atom stereocenters. The summed E-state index contributed by atoms with van der Waals surface area (Å²) in [6.07, 6.45) is 8.81. The number of rotatable bonds is 1. The summed E-state index contributed by atoms with van der Waals surface area (Å²) in [5.74, 6) is 2.61. The van der Waals surface area contributed by atoms with E-state index in [1.54, 1.807) is 0 Å². The Morgan fingerprint density at radius 2 is 1.75 bits per heavy atom. The smallest absolute Gasteiger partial charge is 0.0703 e. The van der Waals surface area contributed by atoms with E-state index in [-0.39, 0.29) is 5.60 Å². The summed E-state index contributed by atoms with van der Waals surface area (Å²) < 4.78 is 0. The van der Waals surface area contributed by atoms with Crippen molar-refractivity contribution in [1.29, 1.82) is 0 Å². The van der Waals surface area contributed by atoms with Crippen LogP contribution < -0.4 is 0 Å². The second-order valence-corrected chi connectivity index (χ2v) is 6.62. The molecule has 1 heteroatoms. The van der Waals surface area contributed by atoms with Gasteiger partial charge >= 0.3 is 0 Å². The first-order chi connectivity index (χ1) is 7.54. The standard InChI is InChI=1S/C15H28O/c1-11-6-4-8-14(10-11)15(16)9-5-7-12(2)13(15)3/h11-14,16H,4-10H2,1-3H3. The lowest BCUT2D eigenvalue weighted by atomic mass is 9.61. The molecule has 0 saturated heterocycles. The van der Waals surface area contributed by atoms with Crippen LogP contribution in [0.5, 0.6) is 0 Å². The molecule has 2 saturated carbocycles. The van der Waals surface area contributed by atoms with Gasteiger partial charge in [-0.25, -0.2) is 0 Å². The normalized spacial score (nSPS) is 50.2. The molecule has 94 valence electrons. The van der Waals surface area contributed by atoms with Gasteiger partial charge in [-0.15, -0.1) is 0 Å². The zero-order valence-electron chi connectivity index (χ0n) is 11.2. The molecule has 2 aliphatic carbocycles. The average Bonchev–Trinajstić information content (AvgIpc) is 2.26. The molecule has 1 N–H and O–H groups in total. The maximum atomic E-state index is 11.1. The van der Waals surface area contributed by atoms with Crippen LogP contribution >= 0.6 is 0 Å². The minimum Gasteiger partial charge on any atom is -0.389 e. The predicted molar refractivity (Wildman–Crippen MR) is 68.3 cm³/mol. The third kappa shape index (κ3) is 2.16. The Morgan fingerprint density at radius 3 is 2.44 bits per heavy atom. The molecule has 0 bridgehead atoms. The van der Waals surface area contributed by atoms with Crippen molar-refractivity contribution in [3.8, 4) is 0 Å². The Bertz CT molecular complexity index is 238. The van der Waals surface area contributed by atoms with Crippen molar-refractivity contribution in [3.63, 3.8) is 0 Å². The second-order valence-electron chi connectivity index (χ2n) is 6.62. The van der Waals surface area contributed by atoms with Crippen LogP contribution in [0.25, 0.3) is 0 Å². The molecule has 0 aliphatic heterocycles. The van der Waals surface area contributed by atoms with E-state index in [1.165, 1.54) is 38.5 Å². The van der Waals surface area contributed by atoms with E-state index in [0.717, 1.165) is 12.3 Å². The Labute approximate surface area is 101 Å². The molecule has 0 heterocycles. The minimum atomic E-state index is -0.341. The molecule has 0 radical (unpaired) electrons. The fourth-order valence-corrected chi connectivity index (χ4v) is 4.14. The SMILES string of the molecule is CC1CCCC(C2(O)CCCC(C)C2C)C1. The Morgan fingerprint density at radius 1 is 1.00 bits per heavy atom. The number of aliphatic hydroxyl groups is 1. The molecule has 0 aromatic rings. The highest BCUT2D eigenvalue weighted by molar-refractivity contribution is 4.97. The third-order valence-corrected chi connectivity index (χ3v) is 5.52. The van der Waals surface area contributed by atoms with Gasteiger partial charge in [0.05, 0.1) is 5.60 Å². The van der Waals surface area contributed by atoms with Crippen LogP contribution in [0, 0.1) is 23.7 Å². The van der Waals surface area contributed by atoms with Crippen molar-refractivity contribution in [2.45, 2.75) is 71.3 Å². The molecule has 2 aliphatic rings. The highest BCUT2D eigenvalue weighted by atomic mass is 16.3. The molecule has 16 heavy (non-hydrogen) atoms. The van der Waals surface area contributed by atoms with Gasteiger partial charge in [0.1, 0.15) is 0 Å². The molecule has 0 aromatic heterocycles. The maximum absolute atomic E-state index is 11.1. The summed E-state index contributed by atoms with van der Waals surface area (Å²) in [4.78, 5) is 0. The summed E-state index contributed by atoms with van der Waals surface area (Å²) in [5, 5.41) is 11.1. The van der Waals surface area contributed by atoms with E-state index in [9.17, 15) is 5.11 Å². The molecule has 0 aromatic carbocycles. The van der Waals surface area contributed by atoms with Gasteiger partial charge in [0.25, 0.3) is 0 Å². The monoisotopic (exact) mass is 224 g/mol. The van der Waals surface area contributed by atoms with Crippen LogP contribution in [0.15, 0.2) is 0 Å². The van der Waals surface area contributed by atoms with E-state index < -0.39 is 0 Å². The van der Waals surface area contributed by atoms with Crippen LogP contribution in [0.2, 0.25) is 0 Å². The maximum Gasteiger partial charge on any atom is 0.0703 e. The van der Waals surface area contributed by atoms with Crippen LogP contribution in [-0.4, -0.2) is 10.7 Å². The van der Waals surface area contributed by atoms with Crippen LogP contribution in [0.3, 0.4) is 0 Å². The molecular weight excluding hydrogens is 196 g/mol. The lowest BCUT2D eigenvalue weighted by Gasteiger charge is -2.49. The van der Waals surface area contributed by atoms with Gasteiger partial charge in [-0.2, -0.15) is 0 Å². The van der Waals surface area contributed by atoms with Crippen molar-refractivity contribution >= 4 is 0 Å². The van der Waals surface area contributed by atoms with Gasteiger partial charge in [-0.1, -0.05) is 46.5 Å². The summed E-state index contributed by atoms with van der Waals surface area (Å²) in [6.45, 7) is 6.95. The van der Waals surface area contributed by atoms with Crippen molar-refractivity contribution in [3.05, 3.63) is 0 Å². The Hall–Kier alpha value is -0.0400. The third-order valence-electron chi connectivity index (χ3n) is 5.52. The minimum absolute atomic E-state index is 0.341. The molecule has 2 fully saturated rings. The zero-order chi connectivity index (χ0) is 11.8. The summed E-state index contributed by atoms with van der Waals surface area (Å²) in [6, 6.07) is 0. The van der Waals surface area contributed by atoms with Crippen molar-refractivity contribution in [2.75, 3.05) is 0 Å². The van der Waals surface area contributed by atoms with Gasteiger partial charge in [0.15, 0.2) is 0 Å². The second kappa shape index (κ2) is 4.68. The fraction of sp³-hybridized carbons (Fsp3) is 1.00. The fourth-order valence-electron chi connectivity index (χ4n) is 4.14. The van der Waals surface area contributed by atoms with E-state index >= 15 is 0 Å². The highest BCUT2D eigenvalue weighted by Gasteiger charge is 2.46. The van der Waals surface area contributed by atoms with Crippen LogP contribution in [0.1, 0.15) is 65.7 Å². The summed E-state index contributed by atoms with van der Waals surface area (Å²) >= 11 is 0. The lowest BCUT2D eigenvalue weighted by Crippen LogP contribution is -2.50. The lowest BCUT2D eigenvalue weighted by molar-refractivity contribution is -0.120. The van der Waals surface area contributed by atoms with E-state index in [1.807, 2.05) is 0 Å². The van der Waals surface area contributed by atoms with Gasteiger partial charge in [-0.3, -0.25) is 0 Å². The topological polar surface area (TPSA) is 20.2 Å². The number of hydrogen-bond donors (Lipinski definition) is 1. The summed E-state index contributed by atoms with van der Waals surface area (Å²) in [7, 11) is 0. The van der Waals surface area contributed by atoms with Crippen molar-refractivity contribution in [1.82, 2.24) is 0 Å². The Kier molecular flexibility index (Phi) is 3.63. The van der Waals surface area contributed by atoms with E-state index in [4.69, 9.17) is 0 Å². The highest BCUT2D eigenvalue weighted by Crippen LogP contribution is 2.47. The first-order valence-electron chi connectivity index (χ1n) is 7.26. The predicted octanol–water partition coefficient (Wildman–Crippen LogP) is 4.00. The van der Waals surface area contributed by atoms with Gasteiger partial charge in [-0.05, 0) is 42.9 Å². The molecule has 0 spiro atoms. The first-order valence-corrected chi connectivity index (χ1v) is 7.26.